The average molecular weight is 875 g/mol. The highest BCUT2D eigenvalue weighted by Crippen LogP contribution is 2.13. The Morgan fingerprint density at radius 3 is 0.968 bits per heavy atom. The van der Waals surface area contributed by atoms with Crippen LogP contribution in [0.1, 0.15) is 226 Å². The summed E-state index contributed by atoms with van der Waals surface area (Å²) in [6, 6.07) is 0. The van der Waals surface area contributed by atoms with Crippen molar-refractivity contribution < 1.29 is 28.6 Å². The van der Waals surface area contributed by atoms with Crippen LogP contribution in [0.15, 0.2) is 97.2 Å². The molecule has 0 aromatic rings. The van der Waals surface area contributed by atoms with Crippen LogP contribution in [-0.2, 0) is 28.6 Å². The Balaban J connectivity index is 4.43. The van der Waals surface area contributed by atoms with Crippen molar-refractivity contribution in [2.75, 3.05) is 13.2 Å². The first-order chi connectivity index (χ1) is 31.0. The van der Waals surface area contributed by atoms with E-state index >= 15 is 0 Å². The van der Waals surface area contributed by atoms with Crippen molar-refractivity contribution in [1.29, 1.82) is 0 Å². The first-order valence-corrected chi connectivity index (χ1v) is 25.7. The van der Waals surface area contributed by atoms with Gasteiger partial charge in [0, 0.05) is 19.3 Å². The van der Waals surface area contributed by atoms with E-state index in [4.69, 9.17) is 14.2 Å². The normalized spacial score (nSPS) is 12.9. The number of hydrogen-bond acceptors (Lipinski definition) is 6. The first kappa shape index (κ1) is 59.3. The maximum absolute atomic E-state index is 12.8. The smallest absolute Gasteiger partial charge is 0.306 e. The molecule has 0 radical (unpaired) electrons. The highest BCUT2D eigenvalue weighted by Gasteiger charge is 2.19. The Morgan fingerprint density at radius 1 is 0.333 bits per heavy atom. The molecule has 63 heavy (non-hydrogen) atoms. The van der Waals surface area contributed by atoms with Crippen molar-refractivity contribution in [3.63, 3.8) is 0 Å². The quantitative estimate of drug-likeness (QED) is 0.0262. The van der Waals surface area contributed by atoms with Crippen LogP contribution in [0.5, 0.6) is 0 Å². The predicted molar refractivity (Wildman–Crippen MR) is 270 cm³/mol. The van der Waals surface area contributed by atoms with Crippen molar-refractivity contribution in [3.8, 4) is 0 Å². The van der Waals surface area contributed by atoms with E-state index < -0.39 is 6.10 Å². The zero-order chi connectivity index (χ0) is 45.8. The molecule has 0 rings (SSSR count). The molecule has 0 aromatic heterocycles. The van der Waals surface area contributed by atoms with E-state index in [0.717, 1.165) is 161 Å². The summed E-state index contributed by atoms with van der Waals surface area (Å²) in [5, 5.41) is 0. The van der Waals surface area contributed by atoms with Gasteiger partial charge in [-0.2, -0.15) is 0 Å². The van der Waals surface area contributed by atoms with Crippen molar-refractivity contribution in [3.05, 3.63) is 97.2 Å². The molecule has 1 unspecified atom stereocenters. The molecule has 358 valence electrons. The predicted octanol–water partition coefficient (Wildman–Crippen LogP) is 17.0. The maximum atomic E-state index is 12.8. The number of rotatable bonds is 45. The number of ether oxygens (including phenoxy) is 3. The van der Waals surface area contributed by atoms with Crippen LogP contribution in [0.2, 0.25) is 0 Å². The molecule has 0 amide bonds. The van der Waals surface area contributed by atoms with Gasteiger partial charge in [-0.1, -0.05) is 195 Å². The van der Waals surface area contributed by atoms with E-state index in [9.17, 15) is 14.4 Å². The molecular weight excluding hydrogens is 781 g/mol. The van der Waals surface area contributed by atoms with Crippen molar-refractivity contribution in [1.82, 2.24) is 0 Å². The third-order valence-corrected chi connectivity index (χ3v) is 10.5. The van der Waals surface area contributed by atoms with Crippen molar-refractivity contribution in [2.45, 2.75) is 232 Å². The zero-order valence-electron chi connectivity index (χ0n) is 40.8. The van der Waals surface area contributed by atoms with Gasteiger partial charge in [-0.3, -0.25) is 14.4 Å². The van der Waals surface area contributed by atoms with Crippen LogP contribution in [0.3, 0.4) is 0 Å². The summed E-state index contributed by atoms with van der Waals surface area (Å²) in [6.07, 6.45) is 66.7. The molecular formula is C57H94O6. The van der Waals surface area contributed by atoms with Crippen LogP contribution < -0.4 is 0 Å². The Hall–Kier alpha value is -3.67. The van der Waals surface area contributed by atoms with E-state index in [1.807, 2.05) is 0 Å². The summed E-state index contributed by atoms with van der Waals surface area (Å²) in [5.74, 6) is -0.942. The highest BCUT2D eigenvalue weighted by atomic mass is 16.6. The summed E-state index contributed by atoms with van der Waals surface area (Å²) in [7, 11) is 0. The fraction of sp³-hybridized carbons (Fsp3) is 0.667. The maximum Gasteiger partial charge on any atom is 0.306 e. The summed E-state index contributed by atoms with van der Waals surface area (Å²) in [4.78, 5) is 38.0. The molecule has 0 aliphatic heterocycles. The van der Waals surface area contributed by atoms with Crippen LogP contribution in [0.4, 0.5) is 0 Å². The van der Waals surface area contributed by atoms with Gasteiger partial charge in [-0.15, -0.1) is 0 Å². The topological polar surface area (TPSA) is 78.9 Å². The van der Waals surface area contributed by atoms with E-state index in [0.29, 0.717) is 19.3 Å². The zero-order valence-corrected chi connectivity index (χ0v) is 40.8. The second-order valence-corrected chi connectivity index (χ2v) is 16.7. The summed E-state index contributed by atoms with van der Waals surface area (Å²) >= 11 is 0. The van der Waals surface area contributed by atoms with Crippen LogP contribution >= 0.6 is 0 Å². The molecule has 6 heteroatoms. The molecule has 0 spiro atoms. The Bertz CT molecular complexity index is 1280. The van der Waals surface area contributed by atoms with Gasteiger partial charge in [0.25, 0.3) is 0 Å². The molecule has 0 saturated heterocycles. The van der Waals surface area contributed by atoms with Crippen molar-refractivity contribution in [2.24, 2.45) is 0 Å². The molecule has 0 bridgehead atoms. The molecule has 0 heterocycles. The van der Waals surface area contributed by atoms with E-state index in [1.54, 1.807) is 0 Å². The van der Waals surface area contributed by atoms with E-state index in [2.05, 4.69) is 118 Å². The van der Waals surface area contributed by atoms with Gasteiger partial charge < -0.3 is 14.2 Å². The van der Waals surface area contributed by atoms with Gasteiger partial charge in [-0.05, 0) is 109 Å². The lowest BCUT2D eigenvalue weighted by molar-refractivity contribution is -0.167. The van der Waals surface area contributed by atoms with Gasteiger partial charge >= 0.3 is 17.9 Å². The molecule has 0 aliphatic carbocycles. The Morgan fingerprint density at radius 2 is 0.619 bits per heavy atom. The van der Waals surface area contributed by atoms with Crippen molar-refractivity contribution >= 4 is 17.9 Å². The Labute approximate surface area is 387 Å². The highest BCUT2D eigenvalue weighted by molar-refractivity contribution is 5.71. The van der Waals surface area contributed by atoms with Gasteiger partial charge in [0.15, 0.2) is 6.10 Å². The minimum absolute atomic E-state index is 0.0966. The summed E-state index contributed by atoms with van der Waals surface area (Å²) in [6.45, 7) is 6.35. The minimum Gasteiger partial charge on any atom is -0.462 e. The fourth-order valence-corrected chi connectivity index (χ4v) is 6.68. The summed E-state index contributed by atoms with van der Waals surface area (Å²) < 4.78 is 16.8. The molecule has 0 fully saturated rings. The van der Waals surface area contributed by atoms with Gasteiger partial charge in [0.05, 0.1) is 0 Å². The lowest BCUT2D eigenvalue weighted by atomic mass is 10.1. The third-order valence-electron chi connectivity index (χ3n) is 10.5. The molecule has 0 aliphatic rings. The largest absolute Gasteiger partial charge is 0.462 e. The number of allylic oxidation sites excluding steroid dienone is 16. The molecule has 0 N–H and O–H groups in total. The molecule has 0 saturated carbocycles. The lowest BCUT2D eigenvalue weighted by Crippen LogP contribution is -2.30. The molecule has 1 atom stereocenters. The molecule has 0 aromatic carbocycles. The molecule has 6 nitrogen and oxygen atoms in total. The van der Waals surface area contributed by atoms with Crippen LogP contribution in [-0.4, -0.2) is 37.2 Å². The standard InChI is InChI=1S/C57H94O6/c1-4-7-10-13-16-19-22-25-26-27-28-29-30-33-35-38-41-44-47-50-56(59)62-53-54(63-57(60)51-48-45-42-39-36-32-24-21-18-15-12-9-6-3)52-61-55(58)49-46-43-40-37-34-31-23-20-17-14-11-8-5-2/h7,10-12,14-16,19-21,23-26,28-29,54H,4-6,8-9,13,17-18,22,27,30-53H2,1-3H3/b10-7-,14-11-,15-12-,19-16-,23-20-,24-21-,26-25-,29-28-. The number of hydrogen-bond donors (Lipinski definition) is 0. The lowest BCUT2D eigenvalue weighted by Gasteiger charge is -2.18. The SMILES string of the molecule is CC/C=C\C/C=C\C/C=C\C/C=C\CCCCCCCCC(=O)OCC(COC(=O)CCCCCCC/C=C\C/C=C\CCC)OC(=O)CCCCCCC/C=C\C/C=C\CCC. The second kappa shape index (κ2) is 51.0. The van der Waals surface area contributed by atoms with E-state index in [-0.39, 0.29) is 31.1 Å². The number of unbranched alkanes of at least 4 members (excludes halogenated alkanes) is 18. The third kappa shape index (κ3) is 49.2. The second-order valence-electron chi connectivity index (χ2n) is 16.7. The minimum atomic E-state index is -0.797. The number of esters is 3. The fourth-order valence-electron chi connectivity index (χ4n) is 6.68. The average Bonchev–Trinajstić information content (AvgIpc) is 3.28. The Kier molecular flexibility index (Phi) is 48.0. The first-order valence-electron chi connectivity index (χ1n) is 25.7. The number of carbonyl (C=O) groups is 3. The monoisotopic (exact) mass is 875 g/mol. The number of carbonyl (C=O) groups excluding carboxylic acids is 3. The van der Waals surface area contributed by atoms with Crippen LogP contribution in [0, 0.1) is 0 Å². The van der Waals surface area contributed by atoms with Gasteiger partial charge in [0.1, 0.15) is 13.2 Å². The van der Waals surface area contributed by atoms with Gasteiger partial charge in [-0.25, -0.2) is 0 Å². The van der Waals surface area contributed by atoms with Crippen LogP contribution in [0.25, 0.3) is 0 Å². The van der Waals surface area contributed by atoms with Gasteiger partial charge in [0.2, 0.25) is 0 Å². The van der Waals surface area contributed by atoms with E-state index in [1.165, 1.54) is 25.7 Å². The summed E-state index contributed by atoms with van der Waals surface area (Å²) in [5.41, 5.74) is 0.